The fourth-order valence-corrected chi connectivity index (χ4v) is 3.76. The summed E-state index contributed by atoms with van der Waals surface area (Å²) < 4.78 is 0. The lowest BCUT2D eigenvalue weighted by Gasteiger charge is -2.24. The summed E-state index contributed by atoms with van der Waals surface area (Å²) in [6.45, 7) is 0. The average Bonchev–Trinajstić information content (AvgIpc) is 3.02. The van der Waals surface area contributed by atoms with E-state index in [1.807, 2.05) is 0 Å². The number of amides is 2. The monoisotopic (exact) mass is 309 g/mol. The van der Waals surface area contributed by atoms with Crippen LogP contribution in [0.25, 0.3) is 0 Å². The van der Waals surface area contributed by atoms with Gasteiger partial charge in [0.1, 0.15) is 6.04 Å². The molecule has 7 nitrogen and oxygen atoms in total. The number of pyridine rings is 1. The third-order valence-corrected chi connectivity index (χ3v) is 5.08. The van der Waals surface area contributed by atoms with E-state index in [9.17, 15) is 9.59 Å². The molecule has 0 aromatic carbocycles. The van der Waals surface area contributed by atoms with Crippen molar-refractivity contribution in [1.82, 2.24) is 20.5 Å². The zero-order valence-corrected chi connectivity index (χ0v) is 12.3. The number of aromatic amines is 1. The second-order valence-electron chi connectivity index (χ2n) is 6.52. The normalized spacial score (nSPS) is 26.8. The van der Waals surface area contributed by atoms with E-state index in [1.54, 1.807) is 18.5 Å². The van der Waals surface area contributed by atoms with Crippen LogP contribution in [0.1, 0.15) is 39.6 Å². The predicted octanol–water partition coefficient (Wildman–Crippen LogP) is 0.757. The second-order valence-corrected chi connectivity index (χ2v) is 6.52. The molecular weight excluding hydrogens is 294 g/mol. The average molecular weight is 309 g/mol. The number of nitrogens with zero attached hydrogens (tertiary/aromatic N) is 2. The van der Waals surface area contributed by atoms with Gasteiger partial charge in [-0.15, -0.1) is 0 Å². The Morgan fingerprint density at radius 3 is 3.17 bits per heavy atom. The van der Waals surface area contributed by atoms with Gasteiger partial charge in [-0.3, -0.25) is 19.7 Å². The van der Waals surface area contributed by atoms with Gasteiger partial charge < -0.3 is 10.6 Å². The number of H-pyrrole nitrogens is 1. The van der Waals surface area contributed by atoms with Crippen LogP contribution in [0.4, 0.5) is 5.69 Å². The Hall–Kier alpha value is -2.70. The number of aromatic nitrogens is 3. The molecule has 0 bridgehead atoms. The molecule has 23 heavy (non-hydrogen) atoms. The number of rotatable bonds is 2. The summed E-state index contributed by atoms with van der Waals surface area (Å²) in [6.07, 6.45) is 5.91. The van der Waals surface area contributed by atoms with E-state index >= 15 is 0 Å². The minimum absolute atomic E-state index is 0.202. The molecule has 1 aliphatic heterocycles. The molecule has 1 unspecified atom stereocenters. The van der Waals surface area contributed by atoms with Gasteiger partial charge in [-0.1, -0.05) is 0 Å². The summed E-state index contributed by atoms with van der Waals surface area (Å²) in [5.41, 5.74) is 4.27. The van der Waals surface area contributed by atoms with Crippen molar-refractivity contribution in [3.8, 4) is 0 Å². The van der Waals surface area contributed by atoms with Gasteiger partial charge >= 0.3 is 0 Å². The van der Waals surface area contributed by atoms with Crippen LogP contribution < -0.4 is 10.6 Å². The van der Waals surface area contributed by atoms with E-state index < -0.39 is 6.04 Å². The van der Waals surface area contributed by atoms with Gasteiger partial charge in [0.25, 0.3) is 5.91 Å². The van der Waals surface area contributed by atoms with Gasteiger partial charge in [0.2, 0.25) is 5.91 Å². The Balaban J connectivity index is 1.37. The first-order valence-corrected chi connectivity index (χ1v) is 7.82. The third kappa shape index (κ3) is 1.89. The first-order chi connectivity index (χ1) is 11.2. The zero-order chi connectivity index (χ0) is 15.6. The standard InChI is InChI=1S/C16H15N5O2/c22-15-12(5-8-6-17-2-1-11(8)18-15)19-16(23)14-10-4-7-3-9(7)13(10)20-21-14/h1-2,6-7,9,12H,3-5H2,(H,18,22)(H,19,23)(H,20,21)/t7-,9-,12?/m1/s1. The first kappa shape index (κ1) is 12.8. The highest BCUT2D eigenvalue weighted by molar-refractivity contribution is 6.02. The highest BCUT2D eigenvalue weighted by Crippen LogP contribution is 2.55. The van der Waals surface area contributed by atoms with Crippen molar-refractivity contribution in [2.75, 3.05) is 5.32 Å². The van der Waals surface area contributed by atoms with E-state index in [1.165, 1.54) is 6.42 Å². The number of anilines is 1. The van der Waals surface area contributed by atoms with Crippen LogP contribution in [0.15, 0.2) is 18.5 Å². The third-order valence-electron chi connectivity index (χ3n) is 5.08. The van der Waals surface area contributed by atoms with Crippen LogP contribution in [0, 0.1) is 5.92 Å². The Kier molecular flexibility index (Phi) is 2.45. The molecule has 3 aliphatic rings. The van der Waals surface area contributed by atoms with E-state index in [0.29, 0.717) is 24.0 Å². The van der Waals surface area contributed by atoms with Crippen molar-refractivity contribution in [1.29, 1.82) is 0 Å². The number of hydrogen-bond donors (Lipinski definition) is 3. The minimum Gasteiger partial charge on any atom is -0.338 e. The number of carbonyl (C=O) groups is 2. The Morgan fingerprint density at radius 1 is 1.35 bits per heavy atom. The van der Waals surface area contributed by atoms with Crippen LogP contribution >= 0.6 is 0 Å². The van der Waals surface area contributed by atoms with Crippen LogP contribution in [-0.2, 0) is 17.6 Å². The smallest absolute Gasteiger partial charge is 0.272 e. The Bertz CT molecular complexity index is 843. The molecule has 3 heterocycles. The van der Waals surface area contributed by atoms with E-state index in [-0.39, 0.29) is 11.8 Å². The molecule has 0 radical (unpaired) electrons. The summed E-state index contributed by atoms with van der Waals surface area (Å²) in [5, 5.41) is 12.8. The molecule has 3 atom stereocenters. The predicted molar refractivity (Wildman–Crippen MR) is 81.0 cm³/mol. The number of hydrogen-bond acceptors (Lipinski definition) is 4. The fraction of sp³-hybridized carbons (Fsp3) is 0.375. The number of fused-ring (bicyclic) bond motifs is 4. The molecule has 1 fully saturated rings. The second kappa shape index (κ2) is 4.41. The van der Waals surface area contributed by atoms with Crippen molar-refractivity contribution < 1.29 is 9.59 Å². The molecular formula is C16H15N5O2. The molecule has 0 saturated heterocycles. The van der Waals surface area contributed by atoms with E-state index in [0.717, 1.165) is 28.9 Å². The van der Waals surface area contributed by atoms with E-state index in [2.05, 4.69) is 25.8 Å². The summed E-state index contributed by atoms with van der Waals surface area (Å²) in [7, 11) is 0. The number of nitrogens with one attached hydrogen (secondary N) is 3. The van der Waals surface area contributed by atoms with Crippen molar-refractivity contribution in [2.45, 2.75) is 31.2 Å². The molecule has 5 rings (SSSR count). The van der Waals surface area contributed by atoms with E-state index in [4.69, 9.17) is 0 Å². The highest BCUT2D eigenvalue weighted by Gasteiger charge is 2.48. The lowest BCUT2D eigenvalue weighted by molar-refractivity contribution is -0.118. The van der Waals surface area contributed by atoms with Gasteiger partial charge in [0, 0.05) is 41.7 Å². The first-order valence-electron chi connectivity index (χ1n) is 7.82. The molecule has 0 spiro atoms. The molecule has 3 N–H and O–H groups in total. The largest absolute Gasteiger partial charge is 0.338 e. The SMILES string of the molecule is O=C(NC1Cc2cnccc2NC1=O)c1n[nH]c2c1C[C@H]1C[C@@H]21. The molecule has 2 aliphatic carbocycles. The highest BCUT2D eigenvalue weighted by atomic mass is 16.2. The van der Waals surface area contributed by atoms with Gasteiger partial charge in [0.05, 0.1) is 0 Å². The van der Waals surface area contributed by atoms with Crippen LogP contribution in [-0.4, -0.2) is 33.0 Å². The lowest BCUT2D eigenvalue weighted by Crippen LogP contribution is -2.47. The van der Waals surface area contributed by atoms with Gasteiger partial charge in [-0.2, -0.15) is 5.10 Å². The van der Waals surface area contributed by atoms with Crippen molar-refractivity contribution in [2.24, 2.45) is 5.92 Å². The summed E-state index contributed by atoms with van der Waals surface area (Å²) in [4.78, 5) is 28.8. The van der Waals surface area contributed by atoms with Crippen LogP contribution in [0.2, 0.25) is 0 Å². The van der Waals surface area contributed by atoms with Gasteiger partial charge in [0.15, 0.2) is 5.69 Å². The maximum Gasteiger partial charge on any atom is 0.272 e. The lowest BCUT2D eigenvalue weighted by atomic mass is 10.0. The van der Waals surface area contributed by atoms with Crippen molar-refractivity contribution in [3.05, 3.63) is 41.0 Å². The van der Waals surface area contributed by atoms with Gasteiger partial charge in [-0.05, 0) is 30.4 Å². The molecule has 1 saturated carbocycles. The molecule has 2 aromatic heterocycles. The van der Waals surface area contributed by atoms with Crippen LogP contribution in [0.3, 0.4) is 0 Å². The summed E-state index contributed by atoms with van der Waals surface area (Å²) in [6, 6.07) is 1.17. The Morgan fingerprint density at radius 2 is 2.26 bits per heavy atom. The fourth-order valence-electron chi connectivity index (χ4n) is 3.76. The molecule has 7 heteroatoms. The quantitative estimate of drug-likeness (QED) is 0.762. The molecule has 2 aromatic rings. The van der Waals surface area contributed by atoms with Gasteiger partial charge in [-0.25, -0.2) is 0 Å². The maximum atomic E-state index is 12.5. The topological polar surface area (TPSA) is 99.8 Å². The Labute approximate surface area is 131 Å². The maximum absolute atomic E-state index is 12.5. The summed E-state index contributed by atoms with van der Waals surface area (Å²) >= 11 is 0. The number of carbonyl (C=O) groups excluding carboxylic acids is 2. The van der Waals surface area contributed by atoms with Crippen molar-refractivity contribution >= 4 is 17.5 Å². The molecule has 116 valence electrons. The van der Waals surface area contributed by atoms with Crippen LogP contribution in [0.5, 0.6) is 0 Å². The minimum atomic E-state index is -0.595. The summed E-state index contributed by atoms with van der Waals surface area (Å²) in [5.74, 6) is 0.764. The molecule has 2 amide bonds. The zero-order valence-electron chi connectivity index (χ0n) is 12.3. The van der Waals surface area contributed by atoms with Crippen molar-refractivity contribution in [3.63, 3.8) is 0 Å².